The van der Waals surface area contributed by atoms with E-state index in [0.29, 0.717) is 6.61 Å². The van der Waals surface area contributed by atoms with Gasteiger partial charge in [0.15, 0.2) is 0 Å². The van der Waals surface area contributed by atoms with E-state index in [4.69, 9.17) is 4.74 Å². The molecule has 0 radical (unpaired) electrons. The van der Waals surface area contributed by atoms with Crippen LogP contribution in [0.5, 0.6) is 0 Å². The molecular formula is C22H37NO3. The van der Waals surface area contributed by atoms with Gasteiger partial charge >= 0.3 is 5.97 Å². The van der Waals surface area contributed by atoms with E-state index in [1.54, 1.807) is 0 Å². The van der Waals surface area contributed by atoms with Crippen molar-refractivity contribution in [2.24, 2.45) is 10.8 Å². The van der Waals surface area contributed by atoms with Crippen LogP contribution in [0.15, 0.2) is 30.3 Å². The van der Waals surface area contributed by atoms with Gasteiger partial charge in [-0.1, -0.05) is 58.0 Å². The van der Waals surface area contributed by atoms with Crippen molar-refractivity contribution in [2.45, 2.75) is 80.9 Å². The van der Waals surface area contributed by atoms with Crippen LogP contribution >= 0.6 is 0 Å². The SMILES string of the molecule is CCC(C)(C)C(=O)NC(C)C.CCC(C)(C)C(=O)OCc1ccccc1. The number of hydrogen-bond acceptors (Lipinski definition) is 3. The Bertz CT molecular complexity index is 548. The van der Waals surface area contributed by atoms with Crippen LogP contribution in [0.3, 0.4) is 0 Å². The summed E-state index contributed by atoms with van der Waals surface area (Å²) in [6.45, 7) is 16.1. The summed E-state index contributed by atoms with van der Waals surface area (Å²) in [5, 5.41) is 2.90. The topological polar surface area (TPSA) is 55.4 Å². The Hall–Kier alpha value is -1.84. The largest absolute Gasteiger partial charge is 0.460 e. The second-order valence-corrected chi connectivity index (χ2v) is 8.16. The van der Waals surface area contributed by atoms with Gasteiger partial charge in [0.25, 0.3) is 0 Å². The highest BCUT2D eigenvalue weighted by Gasteiger charge is 2.27. The van der Waals surface area contributed by atoms with Crippen LogP contribution in [0.4, 0.5) is 0 Å². The lowest BCUT2D eigenvalue weighted by atomic mass is 9.89. The van der Waals surface area contributed by atoms with Gasteiger partial charge in [0.1, 0.15) is 6.61 Å². The Labute approximate surface area is 159 Å². The van der Waals surface area contributed by atoms with Gasteiger partial charge in [-0.05, 0) is 46.1 Å². The van der Waals surface area contributed by atoms with Crippen LogP contribution in [-0.2, 0) is 20.9 Å². The van der Waals surface area contributed by atoms with Crippen molar-refractivity contribution in [3.63, 3.8) is 0 Å². The molecule has 148 valence electrons. The molecule has 0 aliphatic heterocycles. The van der Waals surface area contributed by atoms with Gasteiger partial charge in [-0.15, -0.1) is 0 Å². The molecule has 0 heterocycles. The smallest absolute Gasteiger partial charge is 0.311 e. The van der Waals surface area contributed by atoms with E-state index >= 15 is 0 Å². The summed E-state index contributed by atoms with van der Waals surface area (Å²) in [6.07, 6.45) is 1.67. The molecule has 1 aromatic carbocycles. The first-order valence-corrected chi connectivity index (χ1v) is 9.48. The Balaban J connectivity index is 0.000000508. The molecule has 1 rings (SSSR count). The van der Waals surface area contributed by atoms with Crippen molar-refractivity contribution in [2.75, 3.05) is 0 Å². The van der Waals surface area contributed by atoms with Crippen LogP contribution in [0.2, 0.25) is 0 Å². The Morgan fingerprint density at radius 2 is 1.46 bits per heavy atom. The number of benzene rings is 1. The maximum Gasteiger partial charge on any atom is 0.311 e. The number of rotatable bonds is 7. The lowest BCUT2D eigenvalue weighted by molar-refractivity contribution is -0.155. The minimum atomic E-state index is -0.380. The van der Waals surface area contributed by atoms with Crippen molar-refractivity contribution in [3.8, 4) is 0 Å². The molecule has 4 heteroatoms. The van der Waals surface area contributed by atoms with Crippen LogP contribution in [-0.4, -0.2) is 17.9 Å². The highest BCUT2D eigenvalue weighted by Crippen LogP contribution is 2.22. The molecule has 1 N–H and O–H groups in total. The number of esters is 1. The lowest BCUT2D eigenvalue weighted by Gasteiger charge is -2.22. The van der Waals surface area contributed by atoms with Gasteiger partial charge in [-0.2, -0.15) is 0 Å². The summed E-state index contributed by atoms with van der Waals surface area (Å²) in [7, 11) is 0. The third-order valence-corrected chi connectivity index (χ3v) is 4.57. The highest BCUT2D eigenvalue weighted by atomic mass is 16.5. The third kappa shape index (κ3) is 9.02. The number of amides is 1. The van der Waals surface area contributed by atoms with Crippen molar-refractivity contribution in [1.82, 2.24) is 5.32 Å². The van der Waals surface area contributed by atoms with Crippen molar-refractivity contribution < 1.29 is 14.3 Å². The molecule has 0 aliphatic rings. The molecule has 0 saturated carbocycles. The summed E-state index contributed by atoms with van der Waals surface area (Å²) in [5.41, 5.74) is 0.428. The maximum atomic E-state index is 11.6. The molecular weight excluding hydrogens is 326 g/mol. The second-order valence-electron chi connectivity index (χ2n) is 8.16. The van der Waals surface area contributed by atoms with E-state index in [2.05, 4.69) is 5.32 Å². The van der Waals surface area contributed by atoms with Crippen molar-refractivity contribution in [3.05, 3.63) is 35.9 Å². The standard InChI is InChI=1S/C13H18O2.C9H19NO/c1-4-13(2,3)12(14)15-10-11-8-6-5-7-9-11;1-6-9(4,5)8(11)10-7(2)3/h5-9H,4,10H2,1-3H3;7H,6H2,1-5H3,(H,10,11). The maximum absolute atomic E-state index is 11.6. The normalized spacial score (nSPS) is 11.4. The number of ether oxygens (including phenoxy) is 1. The van der Waals surface area contributed by atoms with Crippen molar-refractivity contribution >= 4 is 11.9 Å². The first kappa shape index (κ1) is 24.2. The van der Waals surface area contributed by atoms with Gasteiger partial charge in [0, 0.05) is 11.5 Å². The summed E-state index contributed by atoms with van der Waals surface area (Å²) in [4.78, 5) is 23.0. The zero-order valence-corrected chi connectivity index (χ0v) is 17.8. The fourth-order valence-corrected chi connectivity index (χ4v) is 1.68. The second kappa shape index (κ2) is 11.0. The fourth-order valence-electron chi connectivity index (χ4n) is 1.68. The van der Waals surface area contributed by atoms with Crippen LogP contribution in [0.25, 0.3) is 0 Å². The van der Waals surface area contributed by atoms with E-state index in [1.807, 2.05) is 85.7 Å². The molecule has 1 amide bonds. The monoisotopic (exact) mass is 363 g/mol. The van der Waals surface area contributed by atoms with E-state index in [-0.39, 0.29) is 28.7 Å². The number of carbonyl (C=O) groups excluding carboxylic acids is 2. The molecule has 4 nitrogen and oxygen atoms in total. The van der Waals surface area contributed by atoms with E-state index < -0.39 is 0 Å². The zero-order valence-electron chi connectivity index (χ0n) is 17.8. The van der Waals surface area contributed by atoms with Gasteiger partial charge in [-0.3, -0.25) is 9.59 Å². The van der Waals surface area contributed by atoms with Crippen LogP contribution in [0.1, 0.15) is 73.8 Å². The molecule has 0 bridgehead atoms. The minimum Gasteiger partial charge on any atom is -0.460 e. The summed E-state index contributed by atoms with van der Waals surface area (Å²) < 4.78 is 5.24. The van der Waals surface area contributed by atoms with E-state index in [1.165, 1.54) is 0 Å². The highest BCUT2D eigenvalue weighted by molar-refractivity contribution is 5.81. The summed E-state index contributed by atoms with van der Waals surface area (Å²) in [5.74, 6) is 0.0175. The Kier molecular flexibility index (Phi) is 10.2. The third-order valence-electron chi connectivity index (χ3n) is 4.57. The zero-order chi connectivity index (χ0) is 20.4. The Morgan fingerprint density at radius 3 is 1.88 bits per heavy atom. The van der Waals surface area contributed by atoms with Crippen molar-refractivity contribution in [1.29, 1.82) is 0 Å². The minimum absolute atomic E-state index is 0.131. The molecule has 0 spiro atoms. The van der Waals surface area contributed by atoms with Crippen LogP contribution < -0.4 is 5.32 Å². The van der Waals surface area contributed by atoms with Gasteiger partial charge < -0.3 is 10.1 Å². The van der Waals surface area contributed by atoms with Crippen LogP contribution in [0, 0.1) is 10.8 Å². The number of nitrogens with one attached hydrogen (secondary N) is 1. The molecule has 0 aliphatic carbocycles. The molecule has 26 heavy (non-hydrogen) atoms. The lowest BCUT2D eigenvalue weighted by Crippen LogP contribution is -2.40. The first-order valence-electron chi connectivity index (χ1n) is 9.48. The number of hydrogen-bond donors (Lipinski definition) is 1. The predicted octanol–water partition coefficient (Wildman–Crippen LogP) is 5.11. The summed E-state index contributed by atoms with van der Waals surface area (Å²) in [6, 6.07) is 9.97. The van der Waals surface area contributed by atoms with Gasteiger partial charge in [0.2, 0.25) is 5.91 Å². The fraction of sp³-hybridized carbons (Fsp3) is 0.636. The predicted molar refractivity (Wildman–Crippen MR) is 108 cm³/mol. The average molecular weight is 364 g/mol. The molecule has 0 fully saturated rings. The molecule has 1 aromatic rings. The summed E-state index contributed by atoms with van der Waals surface area (Å²) >= 11 is 0. The quantitative estimate of drug-likeness (QED) is 0.685. The van der Waals surface area contributed by atoms with E-state index in [0.717, 1.165) is 18.4 Å². The van der Waals surface area contributed by atoms with Gasteiger partial charge in [-0.25, -0.2) is 0 Å². The first-order chi connectivity index (χ1) is 12.0. The molecule has 0 aromatic heterocycles. The average Bonchev–Trinajstić information content (AvgIpc) is 2.60. The van der Waals surface area contributed by atoms with E-state index in [9.17, 15) is 9.59 Å². The molecule has 0 atom stereocenters. The molecule has 0 saturated heterocycles. The van der Waals surface area contributed by atoms with Gasteiger partial charge in [0.05, 0.1) is 5.41 Å². The molecule has 0 unspecified atom stereocenters. The Morgan fingerprint density at radius 1 is 0.962 bits per heavy atom. The number of carbonyl (C=O) groups is 2.